The fourth-order valence-electron chi connectivity index (χ4n) is 1.53. The molecular formula is C10H17N7. The molecule has 17 heavy (non-hydrogen) atoms. The average Bonchev–Trinajstić information content (AvgIpc) is 2.71. The minimum atomic E-state index is 0.0615. The van der Waals surface area contributed by atoms with Gasteiger partial charge in [0.05, 0.1) is 0 Å². The molecular weight excluding hydrogens is 218 g/mol. The number of aromatic nitrogens is 5. The fraction of sp³-hybridized carbons (Fsp3) is 0.600. The van der Waals surface area contributed by atoms with Gasteiger partial charge < -0.3 is 11.1 Å². The molecule has 0 radical (unpaired) electrons. The Labute approximate surface area is 99.4 Å². The fourth-order valence-corrected chi connectivity index (χ4v) is 1.53. The van der Waals surface area contributed by atoms with Gasteiger partial charge in [-0.15, -0.1) is 14.8 Å². The summed E-state index contributed by atoms with van der Waals surface area (Å²) in [4.78, 5) is 0. The highest BCUT2D eigenvalue weighted by Crippen LogP contribution is 2.21. The zero-order chi connectivity index (χ0) is 12.5. The van der Waals surface area contributed by atoms with Gasteiger partial charge in [0.15, 0.2) is 5.65 Å². The van der Waals surface area contributed by atoms with Crippen molar-refractivity contribution in [2.24, 2.45) is 11.1 Å². The summed E-state index contributed by atoms with van der Waals surface area (Å²) in [5.41, 5.74) is 6.44. The van der Waals surface area contributed by atoms with Gasteiger partial charge in [-0.05, 0) is 28.0 Å². The molecule has 2 aromatic rings. The molecule has 0 amide bonds. The van der Waals surface area contributed by atoms with Crippen LogP contribution in [0.5, 0.6) is 0 Å². The molecule has 92 valence electrons. The monoisotopic (exact) mass is 235 g/mol. The van der Waals surface area contributed by atoms with Crippen molar-refractivity contribution in [3.63, 3.8) is 0 Å². The van der Waals surface area contributed by atoms with Crippen molar-refractivity contribution in [2.45, 2.75) is 26.8 Å². The van der Waals surface area contributed by atoms with Crippen LogP contribution in [0.2, 0.25) is 0 Å². The van der Waals surface area contributed by atoms with E-state index in [-0.39, 0.29) is 11.5 Å². The number of hydrogen-bond acceptors (Lipinski definition) is 6. The molecule has 3 N–H and O–H groups in total. The van der Waals surface area contributed by atoms with Crippen LogP contribution < -0.4 is 11.1 Å². The highest BCUT2D eigenvalue weighted by atomic mass is 15.6. The van der Waals surface area contributed by atoms with Gasteiger partial charge in [0.2, 0.25) is 0 Å². The smallest absolute Gasteiger partial charge is 0.200 e. The predicted molar refractivity (Wildman–Crippen MR) is 64.5 cm³/mol. The van der Waals surface area contributed by atoms with Gasteiger partial charge in [0.25, 0.3) is 0 Å². The molecule has 0 saturated carbocycles. The van der Waals surface area contributed by atoms with E-state index in [0.717, 1.165) is 5.82 Å². The first-order valence-electron chi connectivity index (χ1n) is 5.53. The Morgan fingerprint density at radius 3 is 2.82 bits per heavy atom. The van der Waals surface area contributed by atoms with E-state index in [0.29, 0.717) is 12.2 Å². The molecule has 0 saturated heterocycles. The maximum atomic E-state index is 5.76. The van der Waals surface area contributed by atoms with Crippen LogP contribution >= 0.6 is 0 Å². The molecule has 0 fully saturated rings. The van der Waals surface area contributed by atoms with E-state index in [1.807, 2.05) is 12.1 Å². The van der Waals surface area contributed by atoms with Crippen LogP contribution in [0.15, 0.2) is 12.1 Å². The van der Waals surface area contributed by atoms with Gasteiger partial charge in [0, 0.05) is 12.6 Å². The second-order valence-corrected chi connectivity index (χ2v) is 5.04. The van der Waals surface area contributed by atoms with E-state index in [4.69, 9.17) is 5.73 Å². The number of rotatable bonds is 3. The summed E-state index contributed by atoms with van der Waals surface area (Å²) < 4.78 is 1.39. The third kappa shape index (κ3) is 2.50. The van der Waals surface area contributed by atoms with Crippen LogP contribution in [0.1, 0.15) is 20.8 Å². The van der Waals surface area contributed by atoms with Gasteiger partial charge in [-0.1, -0.05) is 20.8 Å². The normalized spacial score (nSPS) is 13.9. The number of tetrazole rings is 1. The minimum absolute atomic E-state index is 0.0615. The van der Waals surface area contributed by atoms with Gasteiger partial charge in [-0.3, -0.25) is 0 Å². The topological polar surface area (TPSA) is 94.0 Å². The lowest BCUT2D eigenvalue weighted by atomic mass is 9.87. The van der Waals surface area contributed by atoms with Crippen LogP contribution in [-0.2, 0) is 0 Å². The van der Waals surface area contributed by atoms with Crippen LogP contribution in [0.4, 0.5) is 5.82 Å². The number of hydrogen-bond donors (Lipinski definition) is 2. The summed E-state index contributed by atoms with van der Waals surface area (Å²) in [5.74, 6) is 0.718. The molecule has 7 heteroatoms. The third-order valence-electron chi connectivity index (χ3n) is 2.67. The van der Waals surface area contributed by atoms with Gasteiger partial charge in [0.1, 0.15) is 5.82 Å². The van der Waals surface area contributed by atoms with Crippen LogP contribution in [-0.4, -0.2) is 37.8 Å². The molecule has 0 aliphatic carbocycles. The molecule has 2 heterocycles. The number of nitrogens with two attached hydrogens (primary N) is 1. The van der Waals surface area contributed by atoms with Gasteiger partial charge >= 0.3 is 0 Å². The zero-order valence-corrected chi connectivity index (χ0v) is 10.3. The maximum Gasteiger partial charge on any atom is 0.200 e. The second-order valence-electron chi connectivity index (χ2n) is 5.04. The van der Waals surface area contributed by atoms with E-state index in [2.05, 4.69) is 46.7 Å². The van der Waals surface area contributed by atoms with Gasteiger partial charge in [-0.25, -0.2) is 0 Å². The summed E-state index contributed by atoms with van der Waals surface area (Å²) >= 11 is 0. The Morgan fingerprint density at radius 2 is 2.18 bits per heavy atom. The standard InChI is InChI=1S/C10H17N7/c1-10(2,3)7(6-11)12-8-4-5-9-13-15-16-17(9)14-8/h4-5,7H,6,11H2,1-3H3,(H,12,14). The van der Waals surface area contributed by atoms with Crippen molar-refractivity contribution >= 4 is 11.5 Å². The Bertz CT molecular complexity index is 499. The Hall–Kier alpha value is -1.76. The first-order chi connectivity index (χ1) is 8.00. The summed E-state index contributed by atoms with van der Waals surface area (Å²) in [6.45, 7) is 6.94. The molecule has 2 rings (SSSR count). The molecule has 0 bridgehead atoms. The Kier molecular flexibility index (Phi) is 2.93. The Morgan fingerprint density at radius 1 is 1.41 bits per heavy atom. The summed E-state index contributed by atoms with van der Waals surface area (Å²) in [7, 11) is 0. The second kappa shape index (κ2) is 4.25. The van der Waals surface area contributed by atoms with E-state index in [9.17, 15) is 0 Å². The zero-order valence-electron chi connectivity index (χ0n) is 10.3. The average molecular weight is 235 g/mol. The number of nitrogens with zero attached hydrogens (tertiary/aromatic N) is 5. The van der Waals surface area contributed by atoms with Crippen molar-refractivity contribution in [3.05, 3.63) is 12.1 Å². The van der Waals surface area contributed by atoms with Crippen molar-refractivity contribution in [1.82, 2.24) is 25.3 Å². The summed E-state index contributed by atoms with van der Waals surface area (Å²) in [5, 5.41) is 18.6. The van der Waals surface area contributed by atoms with E-state index < -0.39 is 0 Å². The van der Waals surface area contributed by atoms with E-state index in [1.54, 1.807) is 0 Å². The van der Waals surface area contributed by atoms with Gasteiger partial charge in [-0.2, -0.15) is 0 Å². The molecule has 0 aliphatic rings. The first-order valence-corrected chi connectivity index (χ1v) is 5.53. The quantitative estimate of drug-likeness (QED) is 0.795. The van der Waals surface area contributed by atoms with Crippen molar-refractivity contribution in [3.8, 4) is 0 Å². The van der Waals surface area contributed by atoms with Crippen molar-refractivity contribution in [1.29, 1.82) is 0 Å². The van der Waals surface area contributed by atoms with Crippen molar-refractivity contribution < 1.29 is 0 Å². The molecule has 2 aromatic heterocycles. The lowest BCUT2D eigenvalue weighted by Gasteiger charge is -2.30. The van der Waals surface area contributed by atoms with Crippen LogP contribution in [0.3, 0.4) is 0 Å². The molecule has 0 aliphatic heterocycles. The highest BCUT2D eigenvalue weighted by Gasteiger charge is 2.23. The predicted octanol–water partition coefficient (Wildman–Crippen LogP) is 0.305. The summed E-state index contributed by atoms with van der Waals surface area (Å²) in [6, 6.07) is 3.80. The molecule has 1 atom stereocenters. The molecule has 1 unspecified atom stereocenters. The SMILES string of the molecule is CC(C)(C)C(CN)Nc1ccc2nnnn2n1. The molecule has 7 nitrogen and oxygen atoms in total. The maximum absolute atomic E-state index is 5.76. The number of nitrogens with one attached hydrogen (secondary N) is 1. The lowest BCUT2D eigenvalue weighted by Crippen LogP contribution is -2.40. The van der Waals surface area contributed by atoms with E-state index in [1.165, 1.54) is 4.63 Å². The molecule has 0 spiro atoms. The van der Waals surface area contributed by atoms with Crippen LogP contribution in [0, 0.1) is 5.41 Å². The number of fused-ring (bicyclic) bond motifs is 1. The van der Waals surface area contributed by atoms with Crippen LogP contribution in [0.25, 0.3) is 5.65 Å². The molecule has 0 aromatic carbocycles. The largest absolute Gasteiger partial charge is 0.364 e. The first kappa shape index (κ1) is 11.7. The van der Waals surface area contributed by atoms with E-state index >= 15 is 0 Å². The Balaban J connectivity index is 2.22. The minimum Gasteiger partial charge on any atom is -0.364 e. The third-order valence-corrected chi connectivity index (χ3v) is 2.67. The van der Waals surface area contributed by atoms with Crippen molar-refractivity contribution in [2.75, 3.05) is 11.9 Å². The number of anilines is 1. The summed E-state index contributed by atoms with van der Waals surface area (Å²) in [6.07, 6.45) is 0. The highest BCUT2D eigenvalue weighted by molar-refractivity contribution is 5.42. The lowest BCUT2D eigenvalue weighted by molar-refractivity contribution is 0.345.